The lowest BCUT2D eigenvalue weighted by Gasteiger charge is -2.21. The van der Waals surface area contributed by atoms with Gasteiger partial charge >= 0.3 is 0 Å². The van der Waals surface area contributed by atoms with Crippen molar-refractivity contribution in [3.63, 3.8) is 0 Å². The quantitative estimate of drug-likeness (QED) is 0.0622. The minimum absolute atomic E-state index is 0.383. The number of hydrogen-bond donors (Lipinski definition) is 4. The standard InChI is InChI=1S/C34H61NO4/c1-3-5-7-9-11-13-14-15-16-17-18-19-21-23-25-27-29-33(38)34(39)35-31(30-36)32(37)28-26-24-22-20-12-10-8-6-4-2/h11-13,15-16,20,26,28,31-33,36-38H,3-10,14,17-19,21-25,27,29-30H2,1-2H3,(H,35,39)/b13-11-,16-15-,20-12+,28-26+. The van der Waals surface area contributed by atoms with Gasteiger partial charge in [0, 0.05) is 0 Å². The summed E-state index contributed by atoms with van der Waals surface area (Å²) >= 11 is 0. The van der Waals surface area contributed by atoms with Crippen LogP contribution in [-0.4, -0.2) is 46.1 Å². The van der Waals surface area contributed by atoms with Gasteiger partial charge in [-0.15, -0.1) is 0 Å². The molecule has 0 saturated heterocycles. The number of aliphatic hydroxyl groups excluding tert-OH is 3. The smallest absolute Gasteiger partial charge is 0.249 e. The number of hydrogen-bond acceptors (Lipinski definition) is 4. The van der Waals surface area contributed by atoms with Gasteiger partial charge in [0.25, 0.3) is 0 Å². The number of amides is 1. The molecule has 0 rings (SSSR count). The van der Waals surface area contributed by atoms with E-state index in [-0.39, 0.29) is 6.61 Å². The molecule has 1 amide bonds. The molecule has 0 aliphatic heterocycles. The fraction of sp³-hybridized carbons (Fsp3) is 0.735. The summed E-state index contributed by atoms with van der Waals surface area (Å²) in [7, 11) is 0. The van der Waals surface area contributed by atoms with Crippen molar-refractivity contribution in [2.24, 2.45) is 0 Å². The zero-order chi connectivity index (χ0) is 28.8. The Bertz CT molecular complexity index is 656. The Hall–Kier alpha value is -1.69. The first-order valence-corrected chi connectivity index (χ1v) is 16.0. The van der Waals surface area contributed by atoms with E-state index < -0.39 is 24.2 Å². The Kier molecular flexibility index (Phi) is 28.0. The molecule has 0 fully saturated rings. The monoisotopic (exact) mass is 547 g/mol. The SMILES string of the molecule is CCCCC/C=C\C/C=C\CCCCCCCCC(O)C(=O)NC(CO)C(O)/C=C/CC/C=C/CCCCC. The summed E-state index contributed by atoms with van der Waals surface area (Å²) in [5.41, 5.74) is 0. The molecule has 0 bridgehead atoms. The molecule has 0 aromatic rings. The second-order valence-corrected chi connectivity index (χ2v) is 10.6. The predicted octanol–water partition coefficient (Wildman–Crippen LogP) is 7.86. The van der Waals surface area contributed by atoms with Crippen molar-refractivity contribution >= 4 is 5.91 Å². The van der Waals surface area contributed by atoms with Crippen LogP contribution in [0.1, 0.15) is 136 Å². The maximum atomic E-state index is 12.3. The van der Waals surface area contributed by atoms with Crippen LogP contribution in [0, 0.1) is 0 Å². The highest BCUT2D eigenvalue weighted by Gasteiger charge is 2.22. The van der Waals surface area contributed by atoms with Crippen molar-refractivity contribution in [3.8, 4) is 0 Å². The molecule has 3 unspecified atom stereocenters. The summed E-state index contributed by atoms with van der Waals surface area (Å²) in [5.74, 6) is -0.529. The first kappa shape index (κ1) is 37.3. The third kappa shape index (κ3) is 25.0. The van der Waals surface area contributed by atoms with Gasteiger partial charge in [-0.1, -0.05) is 120 Å². The number of rotatable bonds is 27. The van der Waals surface area contributed by atoms with Gasteiger partial charge in [0.1, 0.15) is 6.10 Å². The van der Waals surface area contributed by atoms with Gasteiger partial charge in [0.05, 0.1) is 18.8 Å². The Morgan fingerprint density at radius 3 is 1.72 bits per heavy atom. The summed E-state index contributed by atoms with van der Waals surface area (Å²) in [6, 6.07) is -0.816. The Morgan fingerprint density at radius 1 is 0.641 bits per heavy atom. The fourth-order valence-electron chi connectivity index (χ4n) is 4.29. The first-order chi connectivity index (χ1) is 19.1. The molecule has 226 valence electrons. The van der Waals surface area contributed by atoms with Crippen LogP contribution in [0.2, 0.25) is 0 Å². The van der Waals surface area contributed by atoms with E-state index in [2.05, 4.69) is 55.6 Å². The molecule has 0 saturated carbocycles. The molecule has 0 heterocycles. The molecule has 0 aliphatic carbocycles. The summed E-state index contributed by atoms with van der Waals surface area (Å²) in [5, 5.41) is 32.7. The third-order valence-corrected chi connectivity index (χ3v) is 6.89. The van der Waals surface area contributed by atoms with E-state index in [9.17, 15) is 20.1 Å². The van der Waals surface area contributed by atoms with Gasteiger partial charge in [0.15, 0.2) is 0 Å². The Morgan fingerprint density at radius 2 is 1.13 bits per heavy atom. The molecular formula is C34H61NO4. The largest absolute Gasteiger partial charge is 0.394 e. The average Bonchev–Trinajstić information content (AvgIpc) is 2.94. The molecule has 0 aromatic heterocycles. The van der Waals surface area contributed by atoms with Crippen LogP contribution in [-0.2, 0) is 4.79 Å². The van der Waals surface area contributed by atoms with Gasteiger partial charge in [-0.25, -0.2) is 0 Å². The first-order valence-electron chi connectivity index (χ1n) is 16.0. The number of nitrogens with one attached hydrogen (secondary N) is 1. The van der Waals surface area contributed by atoms with Gasteiger partial charge in [0.2, 0.25) is 5.91 Å². The summed E-state index contributed by atoms with van der Waals surface area (Å²) in [4.78, 5) is 12.3. The summed E-state index contributed by atoms with van der Waals surface area (Å²) in [6.45, 7) is 4.05. The topological polar surface area (TPSA) is 89.8 Å². The second kappa shape index (κ2) is 29.3. The van der Waals surface area contributed by atoms with Gasteiger partial charge in [-0.2, -0.15) is 0 Å². The van der Waals surface area contributed by atoms with E-state index in [0.717, 1.165) is 51.4 Å². The summed E-state index contributed by atoms with van der Waals surface area (Å²) in [6.07, 6.45) is 35.5. The number of unbranched alkanes of at least 4 members (excludes halogenated alkanes) is 13. The lowest BCUT2D eigenvalue weighted by atomic mass is 10.0. The van der Waals surface area contributed by atoms with Crippen molar-refractivity contribution in [1.29, 1.82) is 0 Å². The van der Waals surface area contributed by atoms with Crippen molar-refractivity contribution in [3.05, 3.63) is 48.6 Å². The zero-order valence-corrected chi connectivity index (χ0v) is 25.2. The maximum Gasteiger partial charge on any atom is 0.249 e. The number of carbonyl (C=O) groups excluding carboxylic acids is 1. The van der Waals surface area contributed by atoms with Crippen molar-refractivity contribution in [2.45, 2.75) is 154 Å². The Labute approximate surface area is 240 Å². The zero-order valence-electron chi connectivity index (χ0n) is 25.2. The highest BCUT2D eigenvalue weighted by atomic mass is 16.3. The van der Waals surface area contributed by atoms with Crippen molar-refractivity contribution in [2.75, 3.05) is 6.61 Å². The van der Waals surface area contributed by atoms with E-state index in [1.54, 1.807) is 6.08 Å². The number of aliphatic hydroxyl groups is 3. The lowest BCUT2D eigenvalue weighted by Crippen LogP contribution is -2.48. The highest BCUT2D eigenvalue weighted by Crippen LogP contribution is 2.11. The van der Waals surface area contributed by atoms with Gasteiger partial charge in [-0.3, -0.25) is 4.79 Å². The van der Waals surface area contributed by atoms with Crippen LogP contribution in [0.4, 0.5) is 0 Å². The van der Waals surface area contributed by atoms with Gasteiger partial charge < -0.3 is 20.6 Å². The molecule has 0 aliphatic rings. The second-order valence-electron chi connectivity index (χ2n) is 10.6. The van der Waals surface area contributed by atoms with E-state index >= 15 is 0 Å². The van der Waals surface area contributed by atoms with E-state index in [0.29, 0.717) is 6.42 Å². The fourth-order valence-corrected chi connectivity index (χ4v) is 4.29. The molecule has 4 N–H and O–H groups in total. The predicted molar refractivity (Wildman–Crippen MR) is 167 cm³/mol. The van der Waals surface area contributed by atoms with E-state index in [1.165, 1.54) is 64.2 Å². The van der Waals surface area contributed by atoms with Crippen LogP contribution in [0.15, 0.2) is 48.6 Å². The van der Waals surface area contributed by atoms with Crippen LogP contribution in [0.5, 0.6) is 0 Å². The Balaban J connectivity index is 3.86. The molecule has 5 heteroatoms. The minimum Gasteiger partial charge on any atom is -0.394 e. The third-order valence-electron chi connectivity index (χ3n) is 6.89. The molecule has 0 spiro atoms. The molecule has 3 atom stereocenters. The lowest BCUT2D eigenvalue weighted by molar-refractivity contribution is -0.131. The van der Waals surface area contributed by atoms with Gasteiger partial charge in [-0.05, 0) is 64.2 Å². The molecule has 5 nitrogen and oxygen atoms in total. The average molecular weight is 548 g/mol. The minimum atomic E-state index is -1.11. The summed E-state index contributed by atoms with van der Waals surface area (Å²) < 4.78 is 0. The molecule has 0 radical (unpaired) electrons. The number of carbonyl (C=O) groups is 1. The normalized spacial score (nSPS) is 14.7. The van der Waals surface area contributed by atoms with Crippen LogP contribution >= 0.6 is 0 Å². The van der Waals surface area contributed by atoms with Crippen molar-refractivity contribution < 1.29 is 20.1 Å². The van der Waals surface area contributed by atoms with Crippen molar-refractivity contribution in [1.82, 2.24) is 5.32 Å². The van der Waals surface area contributed by atoms with Crippen LogP contribution < -0.4 is 5.32 Å². The van der Waals surface area contributed by atoms with Crippen LogP contribution in [0.25, 0.3) is 0 Å². The van der Waals surface area contributed by atoms with E-state index in [4.69, 9.17) is 0 Å². The molecule has 39 heavy (non-hydrogen) atoms. The van der Waals surface area contributed by atoms with E-state index in [1.807, 2.05) is 6.08 Å². The van der Waals surface area contributed by atoms with Crippen LogP contribution in [0.3, 0.4) is 0 Å². The number of allylic oxidation sites excluding steroid dienone is 7. The maximum absolute atomic E-state index is 12.3. The molecule has 0 aromatic carbocycles. The highest BCUT2D eigenvalue weighted by molar-refractivity contribution is 5.80. The molecular weight excluding hydrogens is 486 g/mol.